The van der Waals surface area contributed by atoms with Crippen LogP contribution >= 0.6 is 0 Å². The van der Waals surface area contributed by atoms with Crippen molar-refractivity contribution in [3.05, 3.63) is 60.4 Å². The number of aromatic hydroxyl groups is 1. The lowest BCUT2D eigenvalue weighted by molar-refractivity contribution is -0.131. The van der Waals surface area contributed by atoms with Crippen molar-refractivity contribution >= 4 is 22.5 Å². The van der Waals surface area contributed by atoms with Gasteiger partial charge in [0, 0.05) is 18.6 Å². The van der Waals surface area contributed by atoms with Gasteiger partial charge in [0.05, 0.1) is 12.5 Å². The summed E-state index contributed by atoms with van der Waals surface area (Å²) in [5, 5.41) is 11.0. The van der Waals surface area contributed by atoms with Crippen LogP contribution in [-0.4, -0.2) is 18.2 Å². The minimum Gasteiger partial charge on any atom is -0.504 e. The molecule has 0 atom stereocenters. The topological polar surface area (TPSA) is 68.9 Å². The molecule has 5 heteroatoms. The summed E-state index contributed by atoms with van der Waals surface area (Å²) < 4.78 is 15.9. The van der Waals surface area contributed by atoms with Crippen LogP contribution in [0.2, 0.25) is 0 Å². The summed E-state index contributed by atoms with van der Waals surface area (Å²) in [7, 11) is 1.56. The summed E-state index contributed by atoms with van der Waals surface area (Å²) in [5.74, 6) is 1.02. The highest BCUT2D eigenvalue weighted by Gasteiger charge is 2.17. The van der Waals surface area contributed by atoms with Crippen molar-refractivity contribution in [1.29, 1.82) is 0 Å². The quantitative estimate of drug-likeness (QED) is 0.577. The van der Waals surface area contributed by atoms with Gasteiger partial charge >= 0.3 is 5.97 Å². The standard InChI is InChI=1S/C19H16O5/c1-11(13-4-6-14(7-5-13)23-12(2)20)19-18(21)16-9-8-15(22-3)10-17(16)24-19/h4-10,21H,1H2,2-3H3. The van der Waals surface area contributed by atoms with Crippen LogP contribution in [0, 0.1) is 0 Å². The molecule has 0 fully saturated rings. The minimum absolute atomic E-state index is 0.0294. The molecular weight excluding hydrogens is 308 g/mol. The average molecular weight is 324 g/mol. The number of fused-ring (bicyclic) bond motifs is 1. The SMILES string of the molecule is C=C(c1ccc(OC(C)=O)cc1)c1oc2cc(OC)ccc2c1O. The molecule has 5 nitrogen and oxygen atoms in total. The summed E-state index contributed by atoms with van der Waals surface area (Å²) in [4.78, 5) is 11.0. The second-order valence-corrected chi connectivity index (χ2v) is 5.24. The lowest BCUT2D eigenvalue weighted by Crippen LogP contribution is -2.01. The molecule has 0 radical (unpaired) electrons. The van der Waals surface area contributed by atoms with E-state index >= 15 is 0 Å². The highest BCUT2D eigenvalue weighted by atomic mass is 16.5. The molecule has 0 bridgehead atoms. The Morgan fingerprint density at radius 3 is 2.42 bits per heavy atom. The number of ether oxygens (including phenoxy) is 2. The van der Waals surface area contributed by atoms with Gasteiger partial charge in [0.15, 0.2) is 11.5 Å². The molecule has 3 rings (SSSR count). The molecule has 0 unspecified atom stereocenters. The van der Waals surface area contributed by atoms with Crippen molar-refractivity contribution < 1.29 is 23.8 Å². The average Bonchev–Trinajstić information content (AvgIpc) is 2.90. The Morgan fingerprint density at radius 1 is 1.12 bits per heavy atom. The number of benzene rings is 2. The fraction of sp³-hybridized carbons (Fsp3) is 0.105. The third-order valence-corrected chi connectivity index (χ3v) is 3.61. The van der Waals surface area contributed by atoms with E-state index in [1.165, 1.54) is 6.92 Å². The minimum atomic E-state index is -0.384. The van der Waals surface area contributed by atoms with Gasteiger partial charge in [-0.05, 0) is 29.8 Å². The smallest absolute Gasteiger partial charge is 0.308 e. The fourth-order valence-electron chi connectivity index (χ4n) is 2.42. The molecule has 1 N–H and O–H groups in total. The largest absolute Gasteiger partial charge is 0.504 e. The van der Waals surface area contributed by atoms with Gasteiger partial charge in [0.2, 0.25) is 0 Å². The molecule has 1 heterocycles. The number of rotatable bonds is 4. The van der Waals surface area contributed by atoms with E-state index in [4.69, 9.17) is 13.9 Å². The van der Waals surface area contributed by atoms with E-state index in [1.54, 1.807) is 49.6 Å². The van der Waals surface area contributed by atoms with Gasteiger partial charge in [-0.3, -0.25) is 4.79 Å². The lowest BCUT2D eigenvalue weighted by atomic mass is 10.0. The first-order valence-electron chi connectivity index (χ1n) is 7.27. The van der Waals surface area contributed by atoms with Crippen molar-refractivity contribution in [2.24, 2.45) is 0 Å². The Bertz CT molecular complexity index is 919. The van der Waals surface area contributed by atoms with Crippen LogP contribution in [0.5, 0.6) is 17.2 Å². The van der Waals surface area contributed by atoms with Gasteiger partial charge in [-0.15, -0.1) is 0 Å². The lowest BCUT2D eigenvalue weighted by Gasteiger charge is -2.05. The zero-order valence-corrected chi connectivity index (χ0v) is 13.3. The Balaban J connectivity index is 1.96. The summed E-state index contributed by atoms with van der Waals surface area (Å²) in [6.07, 6.45) is 0. The molecule has 0 amide bonds. The molecule has 24 heavy (non-hydrogen) atoms. The maximum atomic E-state index is 11.0. The highest BCUT2D eigenvalue weighted by molar-refractivity contribution is 5.93. The highest BCUT2D eigenvalue weighted by Crippen LogP contribution is 2.39. The predicted molar refractivity (Wildman–Crippen MR) is 90.3 cm³/mol. The van der Waals surface area contributed by atoms with Crippen molar-refractivity contribution in [3.8, 4) is 17.2 Å². The second-order valence-electron chi connectivity index (χ2n) is 5.24. The van der Waals surface area contributed by atoms with Crippen molar-refractivity contribution in [2.45, 2.75) is 6.92 Å². The Kier molecular flexibility index (Phi) is 4.00. The zero-order chi connectivity index (χ0) is 17.3. The van der Waals surface area contributed by atoms with Crippen LogP contribution in [0.25, 0.3) is 16.5 Å². The van der Waals surface area contributed by atoms with Gasteiger partial charge in [0.1, 0.15) is 17.1 Å². The maximum Gasteiger partial charge on any atom is 0.308 e. The van der Waals surface area contributed by atoms with Crippen molar-refractivity contribution in [2.75, 3.05) is 7.11 Å². The number of furan rings is 1. The van der Waals surface area contributed by atoms with Gasteiger partial charge in [-0.25, -0.2) is 0 Å². The first-order valence-corrected chi connectivity index (χ1v) is 7.27. The Hall–Kier alpha value is -3.21. The third-order valence-electron chi connectivity index (χ3n) is 3.61. The third kappa shape index (κ3) is 2.84. The van der Waals surface area contributed by atoms with E-state index in [0.29, 0.717) is 33.8 Å². The molecule has 2 aromatic carbocycles. The van der Waals surface area contributed by atoms with E-state index in [-0.39, 0.29) is 11.7 Å². The summed E-state index contributed by atoms with van der Waals surface area (Å²) in [5.41, 5.74) is 1.78. The molecule has 3 aromatic rings. The molecule has 0 aliphatic rings. The van der Waals surface area contributed by atoms with Gasteiger partial charge in [-0.1, -0.05) is 18.7 Å². The van der Waals surface area contributed by atoms with Gasteiger partial charge < -0.3 is 19.0 Å². The van der Waals surface area contributed by atoms with E-state index in [2.05, 4.69) is 6.58 Å². The molecule has 0 saturated heterocycles. The van der Waals surface area contributed by atoms with E-state index in [9.17, 15) is 9.90 Å². The van der Waals surface area contributed by atoms with Crippen molar-refractivity contribution in [3.63, 3.8) is 0 Å². The van der Waals surface area contributed by atoms with Crippen LogP contribution in [0.1, 0.15) is 18.2 Å². The van der Waals surface area contributed by atoms with Crippen LogP contribution < -0.4 is 9.47 Å². The van der Waals surface area contributed by atoms with E-state index in [1.807, 2.05) is 0 Å². The van der Waals surface area contributed by atoms with E-state index < -0.39 is 0 Å². The monoisotopic (exact) mass is 324 g/mol. The van der Waals surface area contributed by atoms with Crippen LogP contribution in [0.3, 0.4) is 0 Å². The van der Waals surface area contributed by atoms with Crippen LogP contribution in [0.4, 0.5) is 0 Å². The number of esters is 1. The number of hydrogen-bond acceptors (Lipinski definition) is 5. The molecule has 0 saturated carbocycles. The number of methoxy groups -OCH3 is 1. The number of carbonyl (C=O) groups is 1. The molecule has 0 aliphatic carbocycles. The Morgan fingerprint density at radius 2 is 1.79 bits per heavy atom. The second kappa shape index (κ2) is 6.12. The van der Waals surface area contributed by atoms with Gasteiger partial charge in [-0.2, -0.15) is 0 Å². The predicted octanol–water partition coefficient (Wildman–Crippen LogP) is 4.13. The normalized spacial score (nSPS) is 10.6. The molecule has 122 valence electrons. The fourth-order valence-corrected chi connectivity index (χ4v) is 2.42. The van der Waals surface area contributed by atoms with Crippen molar-refractivity contribution in [1.82, 2.24) is 0 Å². The first kappa shape index (κ1) is 15.7. The van der Waals surface area contributed by atoms with Crippen LogP contribution in [0.15, 0.2) is 53.5 Å². The number of carbonyl (C=O) groups excluding carboxylic acids is 1. The zero-order valence-electron chi connectivity index (χ0n) is 13.3. The summed E-state index contributed by atoms with van der Waals surface area (Å²) >= 11 is 0. The van der Waals surface area contributed by atoms with Gasteiger partial charge in [0.25, 0.3) is 0 Å². The Labute approximate surface area is 138 Å². The summed E-state index contributed by atoms with van der Waals surface area (Å²) in [6.45, 7) is 5.33. The first-order chi connectivity index (χ1) is 11.5. The van der Waals surface area contributed by atoms with E-state index in [0.717, 1.165) is 5.56 Å². The maximum absolute atomic E-state index is 11.0. The number of hydrogen-bond donors (Lipinski definition) is 1. The molecule has 0 aliphatic heterocycles. The van der Waals surface area contributed by atoms with Crippen LogP contribution in [-0.2, 0) is 4.79 Å². The molecular formula is C19H16O5. The summed E-state index contributed by atoms with van der Waals surface area (Å²) in [6, 6.07) is 12.0. The molecule has 0 spiro atoms. The molecule has 1 aromatic heterocycles.